The molecule has 0 aromatic rings. The van der Waals surface area contributed by atoms with Gasteiger partial charge in [0.15, 0.2) is 0 Å². The van der Waals surface area contributed by atoms with E-state index in [2.05, 4.69) is 39.5 Å². The normalized spacial score (nSPS) is 18.0. The van der Waals surface area contributed by atoms with E-state index in [0.717, 1.165) is 10.5 Å². The van der Waals surface area contributed by atoms with Gasteiger partial charge in [-0.25, -0.2) is 9.69 Å². The molecule has 152 valence electrons. The van der Waals surface area contributed by atoms with Crippen molar-refractivity contribution >= 4 is 12.0 Å². The van der Waals surface area contributed by atoms with Crippen LogP contribution >= 0.6 is 0 Å². The molecule has 4 heteroatoms. The largest absolute Gasteiger partial charge is 0.465 e. The molecule has 0 unspecified atom stereocenters. The molecule has 4 nitrogen and oxygen atoms in total. The van der Waals surface area contributed by atoms with E-state index >= 15 is 0 Å². The van der Waals surface area contributed by atoms with Crippen LogP contribution in [0.25, 0.3) is 0 Å². The number of carbonyl (C=O) groups is 2. The Labute approximate surface area is 169 Å². The van der Waals surface area contributed by atoms with Crippen molar-refractivity contribution in [1.82, 2.24) is 4.90 Å². The van der Waals surface area contributed by atoms with Crippen molar-refractivity contribution in [3.05, 3.63) is 71.4 Å². The van der Waals surface area contributed by atoms with Crippen LogP contribution in [0.4, 0.5) is 4.79 Å². The molecule has 0 radical (unpaired) electrons. The number of nitrogens with zero attached hydrogens (tertiary/aromatic N) is 1. The fourth-order valence-electron chi connectivity index (χ4n) is 3.34. The van der Waals surface area contributed by atoms with E-state index in [0.29, 0.717) is 5.57 Å². The number of hydrogen-bond donors (Lipinski definition) is 1. The Morgan fingerprint density at radius 1 is 1.21 bits per heavy atom. The van der Waals surface area contributed by atoms with Crippen molar-refractivity contribution in [2.75, 3.05) is 6.54 Å². The van der Waals surface area contributed by atoms with Gasteiger partial charge in [-0.15, -0.1) is 6.58 Å². The zero-order valence-electron chi connectivity index (χ0n) is 17.8. The SMILES string of the molecule is C=CCN(C(=O)O)C(=O)C=C(C)C=CC=C(C)C=CC1=C(C)CCCC1(C)C. The monoisotopic (exact) mass is 383 g/mol. The summed E-state index contributed by atoms with van der Waals surface area (Å²) in [4.78, 5) is 23.8. The number of hydrogen-bond acceptors (Lipinski definition) is 2. The van der Waals surface area contributed by atoms with Crippen LogP contribution in [0.1, 0.15) is 53.9 Å². The van der Waals surface area contributed by atoms with Crippen LogP contribution in [-0.2, 0) is 4.79 Å². The smallest absolute Gasteiger partial charge is 0.414 e. The van der Waals surface area contributed by atoms with E-state index in [9.17, 15) is 9.59 Å². The maximum Gasteiger partial charge on any atom is 0.414 e. The summed E-state index contributed by atoms with van der Waals surface area (Å²) in [7, 11) is 0. The minimum atomic E-state index is -1.28. The van der Waals surface area contributed by atoms with E-state index in [1.165, 1.54) is 42.6 Å². The topological polar surface area (TPSA) is 57.6 Å². The van der Waals surface area contributed by atoms with Crippen LogP contribution in [0.2, 0.25) is 0 Å². The molecule has 28 heavy (non-hydrogen) atoms. The third-order valence-electron chi connectivity index (χ3n) is 4.93. The summed E-state index contributed by atoms with van der Waals surface area (Å²) >= 11 is 0. The fourth-order valence-corrected chi connectivity index (χ4v) is 3.34. The van der Waals surface area contributed by atoms with Crippen molar-refractivity contribution in [1.29, 1.82) is 0 Å². The molecule has 0 atom stereocenters. The average Bonchev–Trinajstić information content (AvgIpc) is 2.58. The molecule has 0 aromatic heterocycles. The maximum atomic E-state index is 12.0. The van der Waals surface area contributed by atoms with E-state index < -0.39 is 12.0 Å². The molecule has 0 aromatic carbocycles. The van der Waals surface area contributed by atoms with Crippen LogP contribution in [0.5, 0.6) is 0 Å². The summed E-state index contributed by atoms with van der Waals surface area (Å²) in [6, 6.07) is 0. The maximum absolute atomic E-state index is 12.0. The molecule has 2 amide bonds. The van der Waals surface area contributed by atoms with Gasteiger partial charge in [0.1, 0.15) is 0 Å². The Bertz CT molecular complexity index is 761. The molecular formula is C24H33NO3. The highest BCUT2D eigenvalue weighted by molar-refractivity contribution is 5.98. The van der Waals surface area contributed by atoms with Gasteiger partial charge in [0.25, 0.3) is 5.91 Å². The molecular weight excluding hydrogens is 350 g/mol. The van der Waals surface area contributed by atoms with Gasteiger partial charge < -0.3 is 5.11 Å². The first kappa shape index (κ1) is 23.4. The number of carbonyl (C=O) groups excluding carboxylic acids is 1. The van der Waals surface area contributed by atoms with Gasteiger partial charge >= 0.3 is 6.09 Å². The van der Waals surface area contributed by atoms with Crippen LogP contribution in [0.15, 0.2) is 71.4 Å². The lowest BCUT2D eigenvalue weighted by atomic mass is 9.72. The van der Waals surface area contributed by atoms with E-state index in [-0.39, 0.29) is 12.0 Å². The lowest BCUT2D eigenvalue weighted by Crippen LogP contribution is -2.34. The molecule has 0 heterocycles. The van der Waals surface area contributed by atoms with Gasteiger partial charge in [0.05, 0.1) is 6.54 Å². The Morgan fingerprint density at radius 2 is 1.89 bits per heavy atom. The number of rotatable bonds is 7. The Balaban J connectivity index is 2.81. The summed E-state index contributed by atoms with van der Waals surface area (Å²) < 4.78 is 0. The quantitative estimate of drug-likeness (QED) is 0.323. The molecule has 0 bridgehead atoms. The summed E-state index contributed by atoms with van der Waals surface area (Å²) in [5.41, 5.74) is 4.90. The molecule has 1 aliphatic rings. The van der Waals surface area contributed by atoms with Gasteiger partial charge in [0.2, 0.25) is 0 Å². The number of allylic oxidation sites excluding steroid dienone is 9. The zero-order chi connectivity index (χ0) is 21.3. The number of amides is 2. The van der Waals surface area contributed by atoms with Gasteiger partial charge in [0, 0.05) is 6.08 Å². The lowest BCUT2D eigenvalue weighted by Gasteiger charge is -2.32. The van der Waals surface area contributed by atoms with Crippen LogP contribution in [0, 0.1) is 5.41 Å². The lowest BCUT2D eigenvalue weighted by molar-refractivity contribution is -0.123. The highest BCUT2D eigenvalue weighted by Crippen LogP contribution is 2.40. The van der Waals surface area contributed by atoms with Crippen molar-refractivity contribution in [2.45, 2.75) is 53.9 Å². The highest BCUT2D eigenvalue weighted by Gasteiger charge is 2.26. The fraction of sp³-hybridized carbons (Fsp3) is 0.417. The minimum Gasteiger partial charge on any atom is -0.465 e. The molecule has 1 rings (SSSR count). The van der Waals surface area contributed by atoms with Crippen molar-refractivity contribution in [3.63, 3.8) is 0 Å². The van der Waals surface area contributed by atoms with Gasteiger partial charge in [-0.05, 0) is 56.6 Å². The average molecular weight is 384 g/mol. The zero-order valence-corrected chi connectivity index (χ0v) is 17.8. The second-order valence-corrected chi connectivity index (χ2v) is 7.94. The Kier molecular flexibility index (Phi) is 8.90. The second kappa shape index (κ2) is 10.6. The van der Waals surface area contributed by atoms with Gasteiger partial charge in [-0.2, -0.15) is 0 Å². The predicted octanol–water partition coefficient (Wildman–Crippen LogP) is 6.21. The standard InChI is InChI=1S/C24H33NO3/c1-7-16-25(23(27)28)22(26)17-19(3)11-8-10-18(2)13-14-21-20(4)12-9-15-24(21,5)6/h7-8,10-11,13-14,17H,1,9,12,15-16H2,2-6H3,(H,27,28). The Hall–Kier alpha value is -2.62. The van der Waals surface area contributed by atoms with Crippen molar-refractivity contribution in [2.24, 2.45) is 5.41 Å². The molecule has 0 saturated heterocycles. The summed E-state index contributed by atoms with van der Waals surface area (Å²) in [6.45, 7) is 14.1. The molecule has 0 aliphatic heterocycles. The van der Waals surface area contributed by atoms with Crippen LogP contribution in [-0.4, -0.2) is 28.6 Å². The van der Waals surface area contributed by atoms with Crippen molar-refractivity contribution < 1.29 is 14.7 Å². The van der Waals surface area contributed by atoms with Crippen LogP contribution < -0.4 is 0 Å². The predicted molar refractivity (Wildman–Crippen MR) is 116 cm³/mol. The van der Waals surface area contributed by atoms with E-state index in [1.54, 1.807) is 13.0 Å². The number of imide groups is 1. The Morgan fingerprint density at radius 3 is 2.46 bits per heavy atom. The summed E-state index contributed by atoms with van der Waals surface area (Å²) in [5, 5.41) is 9.05. The van der Waals surface area contributed by atoms with E-state index in [1.807, 2.05) is 19.1 Å². The first-order chi connectivity index (χ1) is 13.1. The third-order valence-corrected chi connectivity index (χ3v) is 4.93. The molecule has 1 N–H and O–H groups in total. The molecule has 0 fully saturated rings. The highest BCUT2D eigenvalue weighted by atomic mass is 16.4. The van der Waals surface area contributed by atoms with Crippen LogP contribution in [0.3, 0.4) is 0 Å². The first-order valence-electron chi connectivity index (χ1n) is 9.65. The molecule has 0 spiro atoms. The third kappa shape index (κ3) is 7.18. The molecule has 1 aliphatic carbocycles. The summed E-state index contributed by atoms with van der Waals surface area (Å²) in [6.07, 6.45) is 15.0. The van der Waals surface area contributed by atoms with E-state index in [4.69, 9.17) is 5.11 Å². The van der Waals surface area contributed by atoms with Gasteiger partial charge in [-0.3, -0.25) is 4.79 Å². The van der Waals surface area contributed by atoms with Gasteiger partial charge in [-0.1, -0.05) is 61.4 Å². The molecule has 0 saturated carbocycles. The van der Waals surface area contributed by atoms with Crippen molar-refractivity contribution in [3.8, 4) is 0 Å². The first-order valence-corrected chi connectivity index (χ1v) is 9.65. The second-order valence-electron chi connectivity index (χ2n) is 7.94. The minimum absolute atomic E-state index is 0.0307. The number of carboxylic acid groups (broad SMARTS) is 1. The summed E-state index contributed by atoms with van der Waals surface area (Å²) in [5.74, 6) is -0.572.